The number of nitriles is 1. The first-order valence-electron chi connectivity index (χ1n) is 5.63. The molecule has 0 amide bonds. The molecule has 0 saturated carbocycles. The van der Waals surface area contributed by atoms with Crippen LogP contribution in [0.15, 0.2) is 24.4 Å². The van der Waals surface area contributed by atoms with Crippen LogP contribution < -0.4 is 11.1 Å². The third-order valence-electron chi connectivity index (χ3n) is 2.77. The maximum Gasteiger partial charge on any atom is 0.0992 e. The lowest BCUT2D eigenvalue weighted by Gasteiger charge is -2.08. The van der Waals surface area contributed by atoms with Gasteiger partial charge in [-0.05, 0) is 25.1 Å². The van der Waals surface area contributed by atoms with Crippen LogP contribution in [-0.4, -0.2) is 9.78 Å². The molecule has 0 atom stereocenters. The Morgan fingerprint density at radius 1 is 1.50 bits per heavy atom. The lowest BCUT2D eigenvalue weighted by Crippen LogP contribution is -2.03. The van der Waals surface area contributed by atoms with Gasteiger partial charge in [0.1, 0.15) is 0 Å². The second kappa shape index (κ2) is 4.80. The summed E-state index contributed by atoms with van der Waals surface area (Å²) in [5, 5.41) is 16.3. The molecule has 0 fully saturated rings. The average molecular weight is 241 g/mol. The van der Waals surface area contributed by atoms with Gasteiger partial charge in [0, 0.05) is 25.4 Å². The molecule has 1 heterocycles. The SMILES string of the molecule is Cc1nn(C)cc1CNc1ccc(C#N)cc1N. The van der Waals surface area contributed by atoms with Crippen molar-refractivity contribution in [2.24, 2.45) is 7.05 Å². The number of hydrogen-bond acceptors (Lipinski definition) is 4. The van der Waals surface area contributed by atoms with E-state index in [9.17, 15) is 0 Å². The molecule has 0 saturated heterocycles. The summed E-state index contributed by atoms with van der Waals surface area (Å²) in [6, 6.07) is 7.29. The summed E-state index contributed by atoms with van der Waals surface area (Å²) in [6.07, 6.45) is 1.97. The molecule has 0 aliphatic heterocycles. The van der Waals surface area contributed by atoms with Gasteiger partial charge in [0.2, 0.25) is 0 Å². The highest BCUT2D eigenvalue weighted by Gasteiger charge is 2.04. The van der Waals surface area contributed by atoms with Gasteiger partial charge in [-0.25, -0.2) is 0 Å². The quantitative estimate of drug-likeness (QED) is 0.803. The van der Waals surface area contributed by atoms with Gasteiger partial charge in [-0.15, -0.1) is 0 Å². The minimum atomic E-state index is 0.565. The van der Waals surface area contributed by atoms with Gasteiger partial charge in [-0.1, -0.05) is 0 Å². The number of nitrogens with two attached hydrogens (primary N) is 1. The van der Waals surface area contributed by atoms with Crippen LogP contribution >= 0.6 is 0 Å². The molecule has 0 unspecified atom stereocenters. The molecule has 18 heavy (non-hydrogen) atoms. The van der Waals surface area contributed by atoms with Gasteiger partial charge in [0.05, 0.1) is 28.7 Å². The summed E-state index contributed by atoms with van der Waals surface area (Å²) in [7, 11) is 1.90. The van der Waals surface area contributed by atoms with Gasteiger partial charge in [0.15, 0.2) is 0 Å². The summed E-state index contributed by atoms with van der Waals surface area (Å²) in [4.78, 5) is 0. The van der Waals surface area contributed by atoms with Crippen molar-refractivity contribution < 1.29 is 0 Å². The molecule has 0 aliphatic rings. The van der Waals surface area contributed by atoms with Crippen LogP contribution in [0.5, 0.6) is 0 Å². The molecule has 0 bridgehead atoms. The summed E-state index contributed by atoms with van der Waals surface area (Å²) in [5.74, 6) is 0. The average Bonchev–Trinajstić information content (AvgIpc) is 2.66. The number of hydrogen-bond donors (Lipinski definition) is 2. The third-order valence-corrected chi connectivity index (χ3v) is 2.77. The van der Waals surface area contributed by atoms with E-state index in [1.54, 1.807) is 16.8 Å². The first-order valence-corrected chi connectivity index (χ1v) is 5.63. The van der Waals surface area contributed by atoms with E-state index in [-0.39, 0.29) is 0 Å². The van der Waals surface area contributed by atoms with Crippen LogP contribution in [0.2, 0.25) is 0 Å². The largest absolute Gasteiger partial charge is 0.397 e. The van der Waals surface area contributed by atoms with Crippen molar-refractivity contribution in [3.63, 3.8) is 0 Å². The second-order valence-electron chi connectivity index (χ2n) is 4.18. The fourth-order valence-corrected chi connectivity index (χ4v) is 1.81. The molecule has 1 aromatic heterocycles. The predicted molar refractivity (Wildman–Crippen MR) is 70.8 cm³/mol. The first kappa shape index (κ1) is 12.0. The zero-order valence-electron chi connectivity index (χ0n) is 10.4. The summed E-state index contributed by atoms with van der Waals surface area (Å²) in [5.41, 5.74) is 9.97. The smallest absolute Gasteiger partial charge is 0.0992 e. The molecule has 2 aromatic rings. The minimum absolute atomic E-state index is 0.565. The highest BCUT2D eigenvalue weighted by Crippen LogP contribution is 2.20. The zero-order valence-corrected chi connectivity index (χ0v) is 10.4. The van der Waals surface area contributed by atoms with Crippen molar-refractivity contribution >= 4 is 11.4 Å². The maximum absolute atomic E-state index is 8.76. The molecule has 0 radical (unpaired) electrons. The number of anilines is 2. The lowest BCUT2D eigenvalue weighted by atomic mass is 10.2. The van der Waals surface area contributed by atoms with Crippen molar-refractivity contribution in [3.8, 4) is 6.07 Å². The molecule has 92 valence electrons. The molecule has 5 heteroatoms. The number of nitrogens with zero attached hydrogens (tertiary/aromatic N) is 3. The Hall–Kier alpha value is -2.48. The van der Waals surface area contributed by atoms with E-state index in [2.05, 4.69) is 16.5 Å². The Morgan fingerprint density at radius 2 is 2.28 bits per heavy atom. The normalized spacial score (nSPS) is 10.1. The number of nitrogen functional groups attached to an aromatic ring is 1. The Bertz CT molecular complexity index is 606. The van der Waals surface area contributed by atoms with Crippen LogP contribution in [0.1, 0.15) is 16.8 Å². The summed E-state index contributed by atoms with van der Waals surface area (Å²) in [6.45, 7) is 2.63. The van der Waals surface area contributed by atoms with E-state index in [0.29, 0.717) is 17.8 Å². The fourth-order valence-electron chi connectivity index (χ4n) is 1.81. The highest BCUT2D eigenvalue weighted by atomic mass is 15.2. The zero-order chi connectivity index (χ0) is 13.1. The highest BCUT2D eigenvalue weighted by molar-refractivity contribution is 5.68. The van der Waals surface area contributed by atoms with E-state index in [1.165, 1.54) is 0 Å². The molecule has 0 spiro atoms. The second-order valence-corrected chi connectivity index (χ2v) is 4.18. The van der Waals surface area contributed by atoms with Gasteiger partial charge in [-0.3, -0.25) is 4.68 Å². The van der Waals surface area contributed by atoms with E-state index < -0.39 is 0 Å². The van der Waals surface area contributed by atoms with Crippen LogP contribution in [0.3, 0.4) is 0 Å². The fraction of sp³-hybridized carbons (Fsp3) is 0.231. The van der Waals surface area contributed by atoms with E-state index in [1.807, 2.05) is 26.2 Å². The van der Waals surface area contributed by atoms with Gasteiger partial charge in [-0.2, -0.15) is 10.4 Å². The van der Waals surface area contributed by atoms with Crippen LogP contribution in [-0.2, 0) is 13.6 Å². The molecular formula is C13H15N5. The number of aromatic nitrogens is 2. The molecule has 0 aliphatic carbocycles. The predicted octanol–water partition coefficient (Wildman–Crippen LogP) is 1.79. The molecule has 2 rings (SSSR count). The Balaban J connectivity index is 2.11. The van der Waals surface area contributed by atoms with Crippen molar-refractivity contribution in [2.45, 2.75) is 13.5 Å². The number of rotatable bonds is 3. The maximum atomic E-state index is 8.76. The van der Waals surface area contributed by atoms with Crippen LogP contribution in [0.4, 0.5) is 11.4 Å². The summed E-state index contributed by atoms with van der Waals surface area (Å²) < 4.78 is 1.79. The molecule has 3 N–H and O–H groups in total. The number of benzene rings is 1. The monoisotopic (exact) mass is 241 g/mol. The topological polar surface area (TPSA) is 79.7 Å². The Kier molecular flexibility index (Phi) is 3.20. The van der Waals surface area contributed by atoms with Crippen molar-refractivity contribution in [3.05, 3.63) is 41.2 Å². The van der Waals surface area contributed by atoms with Gasteiger partial charge in [0.25, 0.3) is 0 Å². The molecular weight excluding hydrogens is 226 g/mol. The third kappa shape index (κ3) is 2.43. The van der Waals surface area contributed by atoms with Gasteiger partial charge < -0.3 is 11.1 Å². The van der Waals surface area contributed by atoms with Gasteiger partial charge >= 0.3 is 0 Å². The van der Waals surface area contributed by atoms with Crippen molar-refractivity contribution in [1.29, 1.82) is 5.26 Å². The Morgan fingerprint density at radius 3 is 2.83 bits per heavy atom. The molecule has 1 aromatic carbocycles. The van der Waals surface area contributed by atoms with E-state index in [4.69, 9.17) is 11.0 Å². The summed E-state index contributed by atoms with van der Waals surface area (Å²) >= 11 is 0. The first-order chi connectivity index (χ1) is 8.60. The standard InChI is InChI=1S/C13H15N5/c1-9-11(8-18(2)17-9)7-16-13-4-3-10(6-14)5-12(13)15/h3-5,8,16H,7,15H2,1-2H3. The van der Waals surface area contributed by atoms with E-state index >= 15 is 0 Å². The van der Waals surface area contributed by atoms with E-state index in [0.717, 1.165) is 16.9 Å². The van der Waals surface area contributed by atoms with Crippen molar-refractivity contribution in [2.75, 3.05) is 11.1 Å². The Labute approximate surface area is 106 Å². The number of nitrogens with one attached hydrogen (secondary N) is 1. The van der Waals surface area contributed by atoms with Crippen LogP contribution in [0.25, 0.3) is 0 Å². The molecule has 5 nitrogen and oxygen atoms in total. The lowest BCUT2D eigenvalue weighted by molar-refractivity contribution is 0.756. The minimum Gasteiger partial charge on any atom is -0.397 e. The number of aryl methyl sites for hydroxylation is 2. The van der Waals surface area contributed by atoms with Crippen LogP contribution in [0, 0.1) is 18.3 Å². The van der Waals surface area contributed by atoms with Crippen molar-refractivity contribution in [1.82, 2.24) is 9.78 Å².